The number of carbonyl (C=O) groups is 1. The van der Waals surface area contributed by atoms with Crippen molar-refractivity contribution in [2.75, 3.05) is 26.3 Å². The van der Waals surface area contributed by atoms with Gasteiger partial charge < -0.3 is 14.9 Å². The van der Waals surface area contributed by atoms with Crippen LogP contribution >= 0.6 is 0 Å². The van der Waals surface area contributed by atoms with Crippen LogP contribution in [0.3, 0.4) is 0 Å². The van der Waals surface area contributed by atoms with Gasteiger partial charge in [0.05, 0.1) is 12.7 Å². The molecule has 1 unspecified atom stereocenters. The third-order valence-corrected chi connectivity index (χ3v) is 2.53. The normalized spacial score (nSPS) is 13.3. The molecule has 0 bridgehead atoms. The minimum Gasteiger partial charge on any atom is -0.481 e. The topological polar surface area (TPSA) is 70.0 Å². The van der Waals surface area contributed by atoms with Gasteiger partial charge in [0.1, 0.15) is 0 Å². The average molecular weight is 247 g/mol. The molecule has 0 rings (SSSR count). The van der Waals surface area contributed by atoms with Crippen molar-refractivity contribution in [2.24, 2.45) is 0 Å². The lowest BCUT2D eigenvalue weighted by Crippen LogP contribution is -2.40. The van der Waals surface area contributed by atoms with E-state index in [2.05, 4.69) is 4.90 Å². The Hall–Kier alpha value is -0.650. The Morgan fingerprint density at radius 3 is 2.53 bits per heavy atom. The van der Waals surface area contributed by atoms with Gasteiger partial charge in [-0.1, -0.05) is 0 Å². The van der Waals surface area contributed by atoms with Crippen molar-refractivity contribution in [3.8, 4) is 0 Å². The number of aliphatic hydroxyl groups excluding tert-OH is 1. The molecule has 0 saturated heterocycles. The number of ether oxygens (including phenoxy) is 1. The summed E-state index contributed by atoms with van der Waals surface area (Å²) in [6.45, 7) is 8.10. The van der Waals surface area contributed by atoms with E-state index in [-0.39, 0.29) is 6.42 Å². The van der Waals surface area contributed by atoms with E-state index >= 15 is 0 Å². The highest BCUT2D eigenvalue weighted by Crippen LogP contribution is 2.04. The minimum absolute atomic E-state index is 0.171. The van der Waals surface area contributed by atoms with Crippen molar-refractivity contribution >= 4 is 5.97 Å². The van der Waals surface area contributed by atoms with Crippen LogP contribution < -0.4 is 0 Å². The number of hydrogen-bond acceptors (Lipinski definition) is 4. The largest absolute Gasteiger partial charge is 0.481 e. The molecule has 0 heterocycles. The van der Waals surface area contributed by atoms with E-state index in [1.165, 1.54) is 0 Å². The van der Waals surface area contributed by atoms with E-state index in [9.17, 15) is 9.90 Å². The maximum atomic E-state index is 10.4. The van der Waals surface area contributed by atoms with E-state index in [0.717, 1.165) is 0 Å². The highest BCUT2D eigenvalue weighted by Gasteiger charge is 2.14. The van der Waals surface area contributed by atoms with Crippen molar-refractivity contribution in [3.05, 3.63) is 0 Å². The first-order valence-corrected chi connectivity index (χ1v) is 6.19. The lowest BCUT2D eigenvalue weighted by molar-refractivity contribution is -0.137. The zero-order chi connectivity index (χ0) is 13.3. The standard InChI is InChI=1S/C12H25NO4/c1-4-17-9-11(14)8-13(10(2)3)7-5-6-12(15)16/h10-11,14H,4-9H2,1-3H3,(H,15,16). The molecule has 102 valence electrons. The van der Waals surface area contributed by atoms with Gasteiger partial charge in [0.25, 0.3) is 0 Å². The summed E-state index contributed by atoms with van der Waals surface area (Å²) in [4.78, 5) is 12.5. The lowest BCUT2D eigenvalue weighted by atomic mass is 10.2. The summed E-state index contributed by atoms with van der Waals surface area (Å²) < 4.78 is 5.15. The molecule has 1 atom stereocenters. The van der Waals surface area contributed by atoms with Crippen LogP contribution in [-0.2, 0) is 9.53 Å². The van der Waals surface area contributed by atoms with Crippen molar-refractivity contribution in [1.29, 1.82) is 0 Å². The maximum Gasteiger partial charge on any atom is 0.303 e. The van der Waals surface area contributed by atoms with E-state index in [1.807, 2.05) is 20.8 Å². The Morgan fingerprint density at radius 1 is 1.41 bits per heavy atom. The maximum absolute atomic E-state index is 10.4. The third-order valence-electron chi connectivity index (χ3n) is 2.53. The first-order chi connectivity index (χ1) is 7.97. The molecule has 0 aliphatic heterocycles. The zero-order valence-corrected chi connectivity index (χ0v) is 11.1. The summed E-state index contributed by atoms with van der Waals surface area (Å²) in [5, 5.41) is 18.3. The monoisotopic (exact) mass is 247 g/mol. The molecule has 0 fully saturated rings. The fourth-order valence-electron chi connectivity index (χ4n) is 1.57. The molecule has 17 heavy (non-hydrogen) atoms. The average Bonchev–Trinajstić information content (AvgIpc) is 2.24. The number of nitrogens with zero attached hydrogens (tertiary/aromatic N) is 1. The Balaban J connectivity index is 3.92. The Morgan fingerprint density at radius 2 is 2.06 bits per heavy atom. The van der Waals surface area contributed by atoms with Crippen LogP contribution in [0.25, 0.3) is 0 Å². The number of carboxylic acid groups (broad SMARTS) is 1. The molecule has 0 aliphatic carbocycles. The van der Waals surface area contributed by atoms with Crippen LogP contribution in [0.1, 0.15) is 33.6 Å². The molecular formula is C12H25NO4. The second kappa shape index (κ2) is 9.39. The number of rotatable bonds is 10. The van der Waals surface area contributed by atoms with Crippen molar-refractivity contribution in [2.45, 2.75) is 45.8 Å². The van der Waals surface area contributed by atoms with Gasteiger partial charge in [0.15, 0.2) is 0 Å². The molecule has 0 spiro atoms. The molecule has 0 aliphatic rings. The fraction of sp³-hybridized carbons (Fsp3) is 0.917. The first-order valence-electron chi connectivity index (χ1n) is 6.19. The van der Waals surface area contributed by atoms with E-state index in [0.29, 0.717) is 38.8 Å². The molecule has 0 amide bonds. The summed E-state index contributed by atoms with van der Waals surface area (Å²) in [5.74, 6) is -0.774. The summed E-state index contributed by atoms with van der Waals surface area (Å²) in [5.41, 5.74) is 0. The van der Waals surface area contributed by atoms with Crippen LogP contribution in [0.5, 0.6) is 0 Å². The van der Waals surface area contributed by atoms with Gasteiger partial charge >= 0.3 is 5.97 Å². The van der Waals surface area contributed by atoms with Crippen LogP contribution in [0, 0.1) is 0 Å². The molecule has 0 aromatic heterocycles. The van der Waals surface area contributed by atoms with Crippen LogP contribution in [-0.4, -0.2) is 59.5 Å². The van der Waals surface area contributed by atoms with Gasteiger partial charge in [-0.2, -0.15) is 0 Å². The first kappa shape index (κ1) is 16.4. The molecular weight excluding hydrogens is 222 g/mol. The van der Waals surface area contributed by atoms with Crippen LogP contribution in [0.15, 0.2) is 0 Å². The molecule has 0 aromatic carbocycles. The van der Waals surface area contributed by atoms with Gasteiger partial charge in [-0.05, 0) is 33.7 Å². The third kappa shape index (κ3) is 9.09. The van der Waals surface area contributed by atoms with E-state index in [1.54, 1.807) is 0 Å². The predicted octanol–water partition coefficient (Wildman–Crippen LogP) is 0.959. The highest BCUT2D eigenvalue weighted by molar-refractivity contribution is 5.66. The molecule has 2 N–H and O–H groups in total. The smallest absolute Gasteiger partial charge is 0.303 e. The minimum atomic E-state index is -0.774. The number of aliphatic hydroxyl groups is 1. The Labute approximate surface area is 103 Å². The quantitative estimate of drug-likeness (QED) is 0.601. The molecule has 0 radical (unpaired) electrons. The predicted molar refractivity (Wildman–Crippen MR) is 66.1 cm³/mol. The SMILES string of the molecule is CCOCC(O)CN(CCCC(=O)O)C(C)C. The van der Waals surface area contributed by atoms with Gasteiger partial charge in [0.2, 0.25) is 0 Å². The number of aliphatic carboxylic acids is 1. The van der Waals surface area contributed by atoms with Crippen molar-refractivity contribution in [1.82, 2.24) is 4.90 Å². The van der Waals surface area contributed by atoms with Crippen LogP contribution in [0.2, 0.25) is 0 Å². The lowest BCUT2D eigenvalue weighted by Gasteiger charge is -2.28. The Kier molecular flexibility index (Phi) is 9.03. The van der Waals surface area contributed by atoms with Crippen molar-refractivity contribution < 1.29 is 19.7 Å². The second-order valence-corrected chi connectivity index (χ2v) is 4.40. The van der Waals surface area contributed by atoms with E-state index < -0.39 is 12.1 Å². The molecule has 0 aromatic rings. The number of hydrogen-bond donors (Lipinski definition) is 2. The van der Waals surface area contributed by atoms with Crippen molar-refractivity contribution in [3.63, 3.8) is 0 Å². The summed E-state index contributed by atoms with van der Waals surface area (Å²) in [7, 11) is 0. The molecule has 5 nitrogen and oxygen atoms in total. The van der Waals surface area contributed by atoms with Gasteiger partial charge in [-0.25, -0.2) is 0 Å². The summed E-state index contributed by atoms with van der Waals surface area (Å²) in [6.07, 6.45) is 0.266. The zero-order valence-electron chi connectivity index (χ0n) is 11.1. The van der Waals surface area contributed by atoms with Gasteiger partial charge in [-0.3, -0.25) is 9.69 Å². The molecule has 0 saturated carbocycles. The Bertz CT molecular complexity index is 209. The summed E-state index contributed by atoms with van der Waals surface area (Å²) >= 11 is 0. The summed E-state index contributed by atoms with van der Waals surface area (Å²) in [6, 6.07) is 0.292. The van der Waals surface area contributed by atoms with Gasteiger partial charge in [-0.15, -0.1) is 0 Å². The fourth-order valence-corrected chi connectivity index (χ4v) is 1.57. The van der Waals surface area contributed by atoms with Crippen LogP contribution in [0.4, 0.5) is 0 Å². The molecule has 5 heteroatoms. The number of carboxylic acids is 1. The van der Waals surface area contributed by atoms with E-state index in [4.69, 9.17) is 9.84 Å². The highest BCUT2D eigenvalue weighted by atomic mass is 16.5. The second-order valence-electron chi connectivity index (χ2n) is 4.40. The van der Waals surface area contributed by atoms with Gasteiger partial charge in [0, 0.05) is 25.6 Å².